The van der Waals surface area contributed by atoms with Crippen LogP contribution in [0, 0.1) is 11.7 Å². The molecule has 0 unspecified atom stereocenters. The first-order valence-electron chi connectivity index (χ1n) is 10.1. The number of para-hydroxylation sites is 1. The summed E-state index contributed by atoms with van der Waals surface area (Å²) in [6, 6.07) is 4.98. The molecule has 1 aliphatic rings. The molecule has 1 amide bonds. The Labute approximate surface area is 185 Å². The molecule has 1 fully saturated rings. The molecule has 1 saturated heterocycles. The zero-order valence-electron chi connectivity index (χ0n) is 17.5. The summed E-state index contributed by atoms with van der Waals surface area (Å²) in [5, 5.41) is 6.52. The lowest BCUT2D eigenvalue weighted by Crippen LogP contribution is -2.42. The Bertz CT molecular complexity index is 863. The number of carbonyl (C=O) groups is 1. The Morgan fingerprint density at radius 3 is 2.70 bits per heavy atom. The number of anilines is 2. The van der Waals surface area contributed by atoms with Gasteiger partial charge in [-0.05, 0) is 51.7 Å². The minimum absolute atomic E-state index is 0.266. The zero-order valence-corrected chi connectivity index (χ0v) is 19.1. The van der Waals surface area contributed by atoms with Crippen LogP contribution in [0.3, 0.4) is 0 Å². The van der Waals surface area contributed by atoms with Crippen molar-refractivity contribution in [3.05, 3.63) is 39.6 Å². The largest absolute Gasteiger partial charge is 0.444 e. The summed E-state index contributed by atoms with van der Waals surface area (Å²) in [5.74, 6) is 0.0602. The van der Waals surface area contributed by atoms with E-state index in [4.69, 9.17) is 16.3 Å². The minimum Gasteiger partial charge on any atom is -0.444 e. The van der Waals surface area contributed by atoms with E-state index in [2.05, 4.69) is 15.6 Å². The van der Waals surface area contributed by atoms with E-state index in [9.17, 15) is 9.18 Å². The van der Waals surface area contributed by atoms with E-state index >= 15 is 0 Å². The topological polar surface area (TPSA) is 66.5 Å². The van der Waals surface area contributed by atoms with Crippen LogP contribution in [0.5, 0.6) is 0 Å². The highest BCUT2D eigenvalue weighted by atomic mass is 35.5. The van der Waals surface area contributed by atoms with Crippen LogP contribution < -0.4 is 10.6 Å². The van der Waals surface area contributed by atoms with Gasteiger partial charge in [-0.2, -0.15) is 0 Å². The average Bonchev–Trinajstić information content (AvgIpc) is 3.10. The van der Waals surface area contributed by atoms with Crippen LogP contribution in [-0.4, -0.2) is 41.2 Å². The van der Waals surface area contributed by atoms with E-state index in [0.29, 0.717) is 47.9 Å². The summed E-state index contributed by atoms with van der Waals surface area (Å²) in [5.41, 5.74) is 0.669. The Balaban J connectivity index is 1.52. The van der Waals surface area contributed by atoms with Crippen molar-refractivity contribution in [3.8, 4) is 0 Å². The molecule has 6 nitrogen and oxygen atoms in total. The Morgan fingerprint density at radius 2 is 2.07 bits per heavy atom. The fourth-order valence-corrected chi connectivity index (χ4v) is 4.21. The molecule has 2 heterocycles. The number of likely N-dealkylation sites (tertiary alicyclic amines) is 1. The molecule has 1 aromatic heterocycles. The maximum atomic E-state index is 14.5. The van der Waals surface area contributed by atoms with Crippen LogP contribution in [0.4, 0.5) is 20.6 Å². The first-order valence-corrected chi connectivity index (χ1v) is 11.2. The van der Waals surface area contributed by atoms with Crippen molar-refractivity contribution in [3.63, 3.8) is 0 Å². The van der Waals surface area contributed by atoms with Crippen molar-refractivity contribution in [1.29, 1.82) is 0 Å². The first-order chi connectivity index (χ1) is 14.2. The number of rotatable bonds is 6. The van der Waals surface area contributed by atoms with Crippen molar-refractivity contribution in [2.45, 2.75) is 45.8 Å². The molecule has 0 atom stereocenters. The van der Waals surface area contributed by atoms with Gasteiger partial charge < -0.3 is 20.3 Å². The Hall–Kier alpha value is -2.06. The molecule has 0 spiro atoms. The quantitative estimate of drug-likeness (QED) is 0.594. The maximum Gasteiger partial charge on any atom is 0.410 e. The normalized spacial score (nSPS) is 15.2. The molecule has 2 N–H and O–H groups in total. The summed E-state index contributed by atoms with van der Waals surface area (Å²) >= 11 is 7.26. The Morgan fingerprint density at radius 1 is 1.33 bits per heavy atom. The molecule has 0 bridgehead atoms. The number of nitrogens with zero attached hydrogens (tertiary/aromatic N) is 2. The van der Waals surface area contributed by atoms with E-state index in [1.54, 1.807) is 17.2 Å². The third kappa shape index (κ3) is 6.47. The lowest BCUT2D eigenvalue weighted by Gasteiger charge is -2.33. The summed E-state index contributed by atoms with van der Waals surface area (Å²) in [7, 11) is 0. The highest BCUT2D eigenvalue weighted by Gasteiger charge is 2.27. The van der Waals surface area contributed by atoms with Gasteiger partial charge in [-0.3, -0.25) is 0 Å². The number of benzene rings is 1. The predicted molar refractivity (Wildman–Crippen MR) is 120 cm³/mol. The van der Waals surface area contributed by atoms with Gasteiger partial charge in [-0.25, -0.2) is 14.2 Å². The van der Waals surface area contributed by atoms with Gasteiger partial charge in [0.05, 0.1) is 17.9 Å². The van der Waals surface area contributed by atoms with Crippen molar-refractivity contribution in [2.75, 3.05) is 30.3 Å². The number of ether oxygens (including phenoxy) is 1. The summed E-state index contributed by atoms with van der Waals surface area (Å²) < 4.78 is 20.4. The second-order valence-corrected chi connectivity index (χ2v) is 10.1. The number of halogens is 2. The van der Waals surface area contributed by atoms with Crippen LogP contribution in [0.15, 0.2) is 24.4 Å². The predicted octanol–water partition coefficient (Wildman–Crippen LogP) is 5.61. The number of aromatic nitrogens is 1. The SMILES string of the molecule is CC(C)(C)OC(=O)N1CCC(CNc2c(F)cccc2NCc2cnc(Cl)s2)CC1. The number of nitrogens with one attached hydrogen (secondary N) is 2. The standard InChI is InChI=1S/C21H28ClFN4O2S/c1-21(2,3)29-20(28)27-9-7-14(8-10-27)11-25-18-16(23)5-4-6-17(18)24-12-15-13-26-19(22)30-15/h4-6,13-14,24-25H,7-12H2,1-3H3. The zero-order chi connectivity index (χ0) is 21.7. The lowest BCUT2D eigenvalue weighted by atomic mass is 9.97. The molecule has 1 aliphatic heterocycles. The van der Waals surface area contributed by atoms with E-state index in [1.807, 2.05) is 26.8 Å². The molecule has 164 valence electrons. The summed E-state index contributed by atoms with van der Waals surface area (Å²) in [6.07, 6.45) is 3.15. The van der Waals surface area contributed by atoms with Crippen LogP contribution >= 0.6 is 22.9 Å². The summed E-state index contributed by atoms with van der Waals surface area (Å²) in [6.45, 7) is 8.06. The number of hydrogen-bond acceptors (Lipinski definition) is 6. The fourth-order valence-electron chi connectivity index (χ4n) is 3.29. The lowest BCUT2D eigenvalue weighted by molar-refractivity contribution is 0.0188. The van der Waals surface area contributed by atoms with Gasteiger partial charge in [-0.1, -0.05) is 17.7 Å². The number of piperidine rings is 1. The summed E-state index contributed by atoms with van der Waals surface area (Å²) in [4.78, 5) is 18.9. The van der Waals surface area contributed by atoms with E-state index < -0.39 is 5.60 Å². The van der Waals surface area contributed by atoms with Crippen molar-refractivity contribution < 1.29 is 13.9 Å². The number of thiazole rings is 1. The van der Waals surface area contributed by atoms with Crippen molar-refractivity contribution in [1.82, 2.24) is 9.88 Å². The van der Waals surface area contributed by atoms with E-state index in [1.165, 1.54) is 17.4 Å². The minimum atomic E-state index is -0.492. The third-order valence-corrected chi connectivity index (χ3v) is 5.94. The van der Waals surface area contributed by atoms with Crippen LogP contribution in [-0.2, 0) is 11.3 Å². The van der Waals surface area contributed by atoms with Gasteiger partial charge in [0.1, 0.15) is 11.4 Å². The fraction of sp³-hybridized carbons (Fsp3) is 0.524. The van der Waals surface area contributed by atoms with Gasteiger partial charge in [0.15, 0.2) is 4.47 Å². The molecule has 3 rings (SSSR count). The highest BCUT2D eigenvalue weighted by molar-refractivity contribution is 7.15. The van der Waals surface area contributed by atoms with Gasteiger partial charge in [-0.15, -0.1) is 11.3 Å². The molecule has 0 radical (unpaired) electrons. The highest BCUT2D eigenvalue weighted by Crippen LogP contribution is 2.28. The monoisotopic (exact) mass is 454 g/mol. The van der Waals surface area contributed by atoms with Crippen LogP contribution in [0.1, 0.15) is 38.5 Å². The number of amides is 1. The molecule has 1 aromatic carbocycles. The van der Waals surface area contributed by atoms with Gasteiger partial charge >= 0.3 is 6.09 Å². The van der Waals surface area contributed by atoms with Crippen LogP contribution in [0.2, 0.25) is 4.47 Å². The molecule has 0 aliphatic carbocycles. The van der Waals surface area contributed by atoms with Gasteiger partial charge in [0, 0.05) is 30.7 Å². The average molecular weight is 455 g/mol. The van der Waals surface area contributed by atoms with Gasteiger partial charge in [0.25, 0.3) is 0 Å². The molecular formula is C21H28ClFN4O2S. The van der Waals surface area contributed by atoms with Crippen molar-refractivity contribution in [2.24, 2.45) is 5.92 Å². The van der Waals surface area contributed by atoms with Crippen LogP contribution in [0.25, 0.3) is 0 Å². The maximum absolute atomic E-state index is 14.5. The third-order valence-electron chi connectivity index (χ3n) is 4.83. The molecule has 9 heteroatoms. The van der Waals surface area contributed by atoms with E-state index in [0.717, 1.165) is 17.7 Å². The smallest absolute Gasteiger partial charge is 0.410 e. The Kier molecular flexibility index (Phi) is 7.41. The number of carbonyl (C=O) groups excluding carboxylic acids is 1. The molecule has 30 heavy (non-hydrogen) atoms. The molecule has 2 aromatic rings. The molecular weight excluding hydrogens is 427 g/mol. The second-order valence-electron chi connectivity index (χ2n) is 8.39. The second kappa shape index (κ2) is 9.83. The number of hydrogen-bond donors (Lipinski definition) is 2. The van der Waals surface area contributed by atoms with E-state index in [-0.39, 0.29) is 11.9 Å². The van der Waals surface area contributed by atoms with Crippen molar-refractivity contribution >= 4 is 40.4 Å². The first kappa shape index (κ1) is 22.6. The van der Waals surface area contributed by atoms with Gasteiger partial charge in [0.2, 0.25) is 0 Å². The molecule has 0 saturated carbocycles.